The van der Waals surface area contributed by atoms with Crippen LogP contribution in [-0.4, -0.2) is 45.9 Å². The number of amides is 1. The van der Waals surface area contributed by atoms with Gasteiger partial charge in [-0.15, -0.1) is 0 Å². The second-order valence-electron chi connectivity index (χ2n) is 3.96. The van der Waals surface area contributed by atoms with Crippen LogP contribution in [0, 0.1) is 5.82 Å². The molecule has 0 heterocycles. The van der Waals surface area contributed by atoms with E-state index in [0.29, 0.717) is 19.7 Å². The van der Waals surface area contributed by atoms with Crippen LogP contribution in [0.4, 0.5) is 4.39 Å². The molecule has 7 heteroatoms. The van der Waals surface area contributed by atoms with Crippen LogP contribution < -0.4 is 15.4 Å². The van der Waals surface area contributed by atoms with Crippen LogP contribution in [0.2, 0.25) is 5.02 Å². The summed E-state index contributed by atoms with van der Waals surface area (Å²) in [6, 6.07) is 3.74. The van der Waals surface area contributed by atoms with Gasteiger partial charge in [-0.25, -0.2) is 4.39 Å². The molecule has 0 aliphatic carbocycles. The van der Waals surface area contributed by atoms with Crippen LogP contribution in [0.25, 0.3) is 0 Å². The average molecular weight is 305 g/mol. The molecule has 0 aliphatic heterocycles. The number of benzene rings is 1. The summed E-state index contributed by atoms with van der Waals surface area (Å²) in [7, 11) is 1.63. The second-order valence-corrected chi connectivity index (χ2v) is 4.36. The fourth-order valence-electron chi connectivity index (χ4n) is 1.38. The first kappa shape index (κ1) is 16.7. The molecule has 0 aromatic heterocycles. The average Bonchev–Trinajstić information content (AvgIpc) is 2.41. The molecule has 112 valence electrons. The Morgan fingerprint density at radius 1 is 1.35 bits per heavy atom. The van der Waals surface area contributed by atoms with Gasteiger partial charge in [-0.3, -0.25) is 4.79 Å². The van der Waals surface area contributed by atoms with Crippen molar-refractivity contribution in [1.29, 1.82) is 0 Å². The van der Waals surface area contributed by atoms with Gasteiger partial charge < -0.3 is 20.1 Å². The molecule has 0 radical (unpaired) electrons. The van der Waals surface area contributed by atoms with Crippen molar-refractivity contribution in [2.24, 2.45) is 0 Å². The van der Waals surface area contributed by atoms with Crippen LogP contribution in [0.5, 0.6) is 5.75 Å². The van der Waals surface area contributed by atoms with Gasteiger partial charge in [0, 0.05) is 26.7 Å². The van der Waals surface area contributed by atoms with Gasteiger partial charge in [-0.2, -0.15) is 0 Å². The molecule has 5 nitrogen and oxygen atoms in total. The zero-order valence-corrected chi connectivity index (χ0v) is 12.0. The molecule has 0 bridgehead atoms. The fourth-order valence-corrected chi connectivity index (χ4v) is 1.60. The molecule has 0 atom stereocenters. The monoisotopic (exact) mass is 304 g/mol. The molecule has 20 heavy (non-hydrogen) atoms. The lowest BCUT2D eigenvalue weighted by Gasteiger charge is -2.09. The number of rotatable bonds is 9. The van der Waals surface area contributed by atoms with Crippen molar-refractivity contribution in [2.75, 3.05) is 40.0 Å². The SMILES string of the molecule is COCCNCCNC(=O)COc1ccc(F)cc1Cl. The largest absolute Gasteiger partial charge is 0.482 e. The molecule has 0 spiro atoms. The minimum Gasteiger partial charge on any atom is -0.482 e. The summed E-state index contributed by atoms with van der Waals surface area (Å²) in [6.45, 7) is 2.33. The Kier molecular flexibility index (Phi) is 7.94. The minimum atomic E-state index is -0.450. The number of methoxy groups -OCH3 is 1. The van der Waals surface area contributed by atoms with Gasteiger partial charge >= 0.3 is 0 Å². The topological polar surface area (TPSA) is 59.6 Å². The van der Waals surface area contributed by atoms with Gasteiger partial charge in [-0.05, 0) is 18.2 Å². The molecule has 1 rings (SSSR count). The lowest BCUT2D eigenvalue weighted by molar-refractivity contribution is -0.123. The fraction of sp³-hybridized carbons (Fsp3) is 0.462. The molecule has 0 unspecified atom stereocenters. The first-order valence-corrected chi connectivity index (χ1v) is 6.55. The van der Waals surface area contributed by atoms with Crippen molar-refractivity contribution in [3.05, 3.63) is 29.0 Å². The number of nitrogens with one attached hydrogen (secondary N) is 2. The summed E-state index contributed by atoms with van der Waals surface area (Å²) < 4.78 is 22.9. The van der Waals surface area contributed by atoms with E-state index < -0.39 is 5.82 Å². The molecule has 0 saturated heterocycles. The highest BCUT2D eigenvalue weighted by atomic mass is 35.5. The quantitative estimate of drug-likeness (QED) is 0.673. The number of carbonyl (C=O) groups excluding carboxylic acids is 1. The maximum absolute atomic E-state index is 12.8. The normalized spacial score (nSPS) is 10.3. The summed E-state index contributed by atoms with van der Waals surface area (Å²) >= 11 is 5.77. The Hall–Kier alpha value is -1.37. The second kappa shape index (κ2) is 9.52. The first-order chi connectivity index (χ1) is 9.63. The summed E-state index contributed by atoms with van der Waals surface area (Å²) in [5.41, 5.74) is 0. The Bertz CT molecular complexity index is 432. The van der Waals surface area contributed by atoms with Gasteiger partial charge in [0.05, 0.1) is 11.6 Å². The van der Waals surface area contributed by atoms with E-state index >= 15 is 0 Å². The van der Waals surface area contributed by atoms with E-state index in [-0.39, 0.29) is 23.3 Å². The van der Waals surface area contributed by atoms with Gasteiger partial charge in [0.1, 0.15) is 11.6 Å². The number of hydrogen-bond acceptors (Lipinski definition) is 4. The Labute approximate surface area is 122 Å². The molecular weight excluding hydrogens is 287 g/mol. The summed E-state index contributed by atoms with van der Waals surface area (Å²) in [6.07, 6.45) is 0. The van der Waals surface area contributed by atoms with E-state index in [2.05, 4.69) is 10.6 Å². The van der Waals surface area contributed by atoms with Crippen LogP contribution in [0.1, 0.15) is 0 Å². The highest BCUT2D eigenvalue weighted by Gasteiger charge is 2.06. The third-order valence-electron chi connectivity index (χ3n) is 2.36. The first-order valence-electron chi connectivity index (χ1n) is 6.17. The van der Waals surface area contributed by atoms with Gasteiger partial charge in [0.2, 0.25) is 0 Å². The van der Waals surface area contributed by atoms with Crippen molar-refractivity contribution in [3.63, 3.8) is 0 Å². The standard InChI is InChI=1S/C13H18ClFN2O3/c1-19-7-6-16-4-5-17-13(18)9-20-12-3-2-10(15)8-11(12)14/h2-3,8,16H,4-7,9H2,1H3,(H,17,18). The lowest BCUT2D eigenvalue weighted by Crippen LogP contribution is -2.35. The number of ether oxygens (including phenoxy) is 2. The van der Waals surface area contributed by atoms with Crippen LogP contribution in [0.15, 0.2) is 18.2 Å². The molecule has 1 aromatic carbocycles. The zero-order chi connectivity index (χ0) is 14.8. The number of halogens is 2. The molecular formula is C13H18ClFN2O3. The Morgan fingerprint density at radius 2 is 2.15 bits per heavy atom. The van der Waals surface area contributed by atoms with E-state index in [1.54, 1.807) is 7.11 Å². The molecule has 0 fully saturated rings. The maximum atomic E-state index is 12.8. The highest BCUT2D eigenvalue weighted by Crippen LogP contribution is 2.24. The predicted molar refractivity (Wildman–Crippen MR) is 74.7 cm³/mol. The molecule has 1 aromatic rings. The maximum Gasteiger partial charge on any atom is 0.257 e. The van der Waals surface area contributed by atoms with E-state index in [9.17, 15) is 9.18 Å². The van der Waals surface area contributed by atoms with Gasteiger partial charge in [0.25, 0.3) is 5.91 Å². The van der Waals surface area contributed by atoms with Crippen LogP contribution in [-0.2, 0) is 9.53 Å². The van der Waals surface area contributed by atoms with Crippen molar-refractivity contribution < 1.29 is 18.7 Å². The predicted octanol–water partition coefficient (Wildman–Crippen LogP) is 1.21. The highest BCUT2D eigenvalue weighted by molar-refractivity contribution is 6.32. The van der Waals surface area contributed by atoms with E-state index in [1.807, 2.05) is 0 Å². The Morgan fingerprint density at radius 3 is 2.85 bits per heavy atom. The lowest BCUT2D eigenvalue weighted by atomic mass is 10.3. The van der Waals surface area contributed by atoms with Crippen molar-refractivity contribution in [3.8, 4) is 5.75 Å². The molecule has 0 saturated carbocycles. The Balaban J connectivity index is 2.16. The van der Waals surface area contributed by atoms with Crippen molar-refractivity contribution in [2.45, 2.75) is 0 Å². The minimum absolute atomic E-state index is 0.138. The van der Waals surface area contributed by atoms with Crippen LogP contribution in [0.3, 0.4) is 0 Å². The molecule has 1 amide bonds. The van der Waals surface area contributed by atoms with E-state index in [0.717, 1.165) is 12.6 Å². The number of hydrogen-bond donors (Lipinski definition) is 2. The third-order valence-corrected chi connectivity index (χ3v) is 2.65. The van der Waals surface area contributed by atoms with E-state index in [1.165, 1.54) is 12.1 Å². The van der Waals surface area contributed by atoms with Crippen LogP contribution >= 0.6 is 11.6 Å². The smallest absolute Gasteiger partial charge is 0.257 e. The van der Waals surface area contributed by atoms with E-state index in [4.69, 9.17) is 21.1 Å². The summed E-state index contributed by atoms with van der Waals surface area (Å²) in [4.78, 5) is 11.5. The van der Waals surface area contributed by atoms with Gasteiger partial charge in [0.15, 0.2) is 6.61 Å². The van der Waals surface area contributed by atoms with Crippen molar-refractivity contribution in [1.82, 2.24) is 10.6 Å². The van der Waals surface area contributed by atoms with Gasteiger partial charge in [-0.1, -0.05) is 11.6 Å². The third kappa shape index (κ3) is 6.70. The zero-order valence-electron chi connectivity index (χ0n) is 11.2. The number of carbonyl (C=O) groups is 1. The molecule has 2 N–H and O–H groups in total. The molecule has 0 aliphatic rings. The van der Waals surface area contributed by atoms with Crippen molar-refractivity contribution >= 4 is 17.5 Å². The summed E-state index contributed by atoms with van der Waals surface area (Å²) in [5.74, 6) is -0.436. The summed E-state index contributed by atoms with van der Waals surface area (Å²) in [5, 5.41) is 5.90.